The number of guanidine groups is 1. The fourth-order valence-corrected chi connectivity index (χ4v) is 5.29. The molecule has 0 aliphatic carbocycles. The summed E-state index contributed by atoms with van der Waals surface area (Å²) in [6, 6.07) is 10.3. The molecule has 2 aromatic carbocycles. The number of piperidine rings is 1. The molecule has 1 fully saturated rings. The fraction of sp³-hybridized carbons (Fsp3) is 0.517. The predicted octanol–water partition coefficient (Wildman–Crippen LogP) is 5.41. The Morgan fingerprint density at radius 2 is 1.46 bits per heavy atom. The van der Waals surface area contributed by atoms with Gasteiger partial charge in [0.05, 0.1) is 11.1 Å². The number of carbonyl (C=O) groups excluding carboxylic acids is 1. The van der Waals surface area contributed by atoms with E-state index in [0.717, 1.165) is 24.4 Å². The number of likely N-dealkylation sites (tertiary alicyclic amines) is 1. The van der Waals surface area contributed by atoms with Gasteiger partial charge in [-0.05, 0) is 48.6 Å². The smallest absolute Gasteiger partial charge is 0.349 e. The molecule has 1 amide bonds. The van der Waals surface area contributed by atoms with Crippen molar-refractivity contribution in [2.24, 2.45) is 4.99 Å². The van der Waals surface area contributed by atoms with Crippen LogP contribution in [0.25, 0.3) is 0 Å². The van der Waals surface area contributed by atoms with Crippen LogP contribution in [0.3, 0.4) is 0 Å². The van der Waals surface area contributed by atoms with Gasteiger partial charge in [-0.1, -0.05) is 30.3 Å². The Morgan fingerprint density at radius 3 is 1.93 bits per heavy atom. The van der Waals surface area contributed by atoms with Crippen molar-refractivity contribution in [3.05, 3.63) is 70.8 Å². The first kappa shape index (κ1) is 32.2. The quantitative estimate of drug-likeness (QED) is 0.248. The summed E-state index contributed by atoms with van der Waals surface area (Å²) < 4.78 is 79.8. The molecule has 1 aliphatic rings. The average molecular weight is 586 g/mol. The normalized spacial score (nSPS) is 16.4. The van der Waals surface area contributed by atoms with Gasteiger partial charge in [0.25, 0.3) is 0 Å². The topological polar surface area (TPSA) is 42.4 Å². The number of likely N-dealkylation sites (N-methyl/N-ethyl adjacent to an activating group) is 1. The van der Waals surface area contributed by atoms with E-state index in [9.17, 15) is 31.1 Å². The molecule has 0 spiro atoms. The van der Waals surface area contributed by atoms with Gasteiger partial charge in [-0.3, -0.25) is 14.7 Å². The van der Waals surface area contributed by atoms with E-state index in [1.165, 1.54) is 11.9 Å². The zero-order valence-electron chi connectivity index (χ0n) is 23.9. The largest absolute Gasteiger partial charge is 0.416 e. The number of hydrogen-bond donors (Lipinski definition) is 0. The third-order valence-electron chi connectivity index (χ3n) is 7.44. The van der Waals surface area contributed by atoms with Crippen LogP contribution >= 0.6 is 0 Å². The van der Waals surface area contributed by atoms with Crippen LogP contribution in [0.2, 0.25) is 0 Å². The van der Waals surface area contributed by atoms with Crippen molar-refractivity contribution < 1.29 is 31.1 Å². The lowest BCUT2D eigenvalue weighted by atomic mass is 9.97. The summed E-state index contributed by atoms with van der Waals surface area (Å²) in [6.45, 7) is 1.21. The van der Waals surface area contributed by atoms with Crippen molar-refractivity contribution in [2.75, 3.05) is 54.9 Å². The zero-order chi connectivity index (χ0) is 30.5. The molecule has 0 saturated carbocycles. The van der Waals surface area contributed by atoms with Crippen molar-refractivity contribution in [1.82, 2.24) is 19.6 Å². The Bertz CT molecular complexity index is 1160. The Labute approximate surface area is 237 Å². The van der Waals surface area contributed by atoms with Crippen molar-refractivity contribution >= 4 is 11.9 Å². The first-order valence-electron chi connectivity index (χ1n) is 13.3. The molecule has 226 valence electrons. The van der Waals surface area contributed by atoms with Gasteiger partial charge in [-0.15, -0.1) is 0 Å². The number of nitrogens with zero attached hydrogens (tertiary/aromatic N) is 5. The van der Waals surface area contributed by atoms with E-state index in [0.29, 0.717) is 25.2 Å². The van der Waals surface area contributed by atoms with Gasteiger partial charge in [-0.25, -0.2) is 0 Å². The highest BCUT2D eigenvalue weighted by atomic mass is 19.4. The summed E-state index contributed by atoms with van der Waals surface area (Å²) in [5.74, 6) is 0.581. The highest BCUT2D eigenvalue weighted by molar-refractivity contribution is 5.83. The van der Waals surface area contributed by atoms with Crippen molar-refractivity contribution in [2.45, 2.75) is 43.7 Å². The lowest BCUT2D eigenvalue weighted by Gasteiger charge is -2.42. The minimum atomic E-state index is -4.92. The van der Waals surface area contributed by atoms with Crippen LogP contribution in [0.4, 0.5) is 26.3 Å². The number of benzene rings is 2. The highest BCUT2D eigenvalue weighted by Crippen LogP contribution is 2.36. The SMILES string of the molecule is CN=C(N(C)C)N(C)C1CCN([C@H](C(=O)N(C)CCc2cc(C(F)(F)F)cc(C(F)(F)F)c2)c2ccccc2)CC1. The number of amides is 1. The minimum absolute atomic E-state index is 0.0425. The van der Waals surface area contributed by atoms with Crippen LogP contribution < -0.4 is 0 Å². The summed E-state index contributed by atoms with van der Waals surface area (Å²) in [5, 5.41) is 0. The first-order chi connectivity index (χ1) is 19.1. The van der Waals surface area contributed by atoms with E-state index in [2.05, 4.69) is 14.8 Å². The number of aliphatic imine (C=N–C) groups is 1. The van der Waals surface area contributed by atoms with Crippen LogP contribution in [0, 0.1) is 0 Å². The van der Waals surface area contributed by atoms with E-state index < -0.39 is 29.5 Å². The minimum Gasteiger partial charge on any atom is -0.349 e. The molecule has 12 heteroatoms. The number of halogens is 6. The molecule has 0 unspecified atom stereocenters. The van der Waals surface area contributed by atoms with E-state index in [1.54, 1.807) is 7.05 Å². The van der Waals surface area contributed by atoms with Gasteiger partial charge in [0.2, 0.25) is 5.91 Å². The molecule has 2 aromatic rings. The van der Waals surface area contributed by atoms with Gasteiger partial charge >= 0.3 is 12.4 Å². The monoisotopic (exact) mass is 585 g/mol. The molecule has 0 N–H and O–H groups in total. The summed E-state index contributed by atoms with van der Waals surface area (Å²) in [7, 11) is 9.12. The molecular formula is C29H37F6N5O. The Balaban J connectivity index is 1.77. The number of alkyl halides is 6. The molecule has 0 radical (unpaired) electrons. The lowest BCUT2D eigenvalue weighted by Crippen LogP contribution is -2.51. The Hall–Kier alpha value is -3.28. The Kier molecular flexibility index (Phi) is 10.3. The standard InChI is InChI=1S/C29H37F6N5O/c1-36-27(37(2)3)39(5)24-12-15-40(16-13-24)25(21-9-7-6-8-10-21)26(41)38(4)14-11-20-17-22(28(30,31)32)19-23(18-20)29(33,34)35/h6-10,17-19,24-25H,11-16H2,1-5H3/t25-/m0/s1. The third-order valence-corrected chi connectivity index (χ3v) is 7.44. The molecule has 1 atom stereocenters. The van der Waals surface area contributed by atoms with Crippen LogP contribution in [-0.4, -0.2) is 92.4 Å². The van der Waals surface area contributed by atoms with Gasteiger partial charge < -0.3 is 14.7 Å². The lowest BCUT2D eigenvalue weighted by molar-refractivity contribution is -0.143. The average Bonchev–Trinajstić information content (AvgIpc) is 2.91. The van der Waals surface area contributed by atoms with Gasteiger partial charge in [-0.2, -0.15) is 26.3 Å². The second-order valence-electron chi connectivity index (χ2n) is 10.5. The predicted molar refractivity (Wildman–Crippen MR) is 146 cm³/mol. The fourth-order valence-electron chi connectivity index (χ4n) is 5.29. The van der Waals surface area contributed by atoms with Crippen LogP contribution in [0.15, 0.2) is 53.5 Å². The van der Waals surface area contributed by atoms with Crippen LogP contribution in [-0.2, 0) is 23.6 Å². The summed E-state index contributed by atoms with van der Waals surface area (Å²) in [5.41, 5.74) is -2.09. The molecule has 1 saturated heterocycles. The molecule has 6 nitrogen and oxygen atoms in total. The first-order valence-corrected chi connectivity index (χ1v) is 13.3. The van der Waals surface area contributed by atoms with Crippen LogP contribution in [0.5, 0.6) is 0 Å². The molecule has 3 rings (SSSR count). The Morgan fingerprint density at radius 1 is 0.927 bits per heavy atom. The molecule has 1 heterocycles. The molecule has 0 aromatic heterocycles. The van der Waals surface area contributed by atoms with Gasteiger partial charge in [0, 0.05) is 60.9 Å². The number of carbonyl (C=O) groups is 1. The van der Waals surface area contributed by atoms with Crippen molar-refractivity contribution in [3.63, 3.8) is 0 Å². The van der Waals surface area contributed by atoms with Crippen LogP contribution in [0.1, 0.15) is 41.1 Å². The van der Waals surface area contributed by atoms with Gasteiger partial charge in [0.15, 0.2) is 5.96 Å². The van der Waals surface area contributed by atoms with Gasteiger partial charge in [0.1, 0.15) is 6.04 Å². The second kappa shape index (κ2) is 13.1. The maximum Gasteiger partial charge on any atom is 0.416 e. The maximum atomic E-state index is 13.8. The molecule has 1 aliphatic heterocycles. The molecular weight excluding hydrogens is 548 g/mol. The molecule has 41 heavy (non-hydrogen) atoms. The van der Waals surface area contributed by atoms with Crippen molar-refractivity contribution in [1.29, 1.82) is 0 Å². The summed E-state index contributed by atoms with van der Waals surface area (Å²) in [4.78, 5) is 25.7. The second-order valence-corrected chi connectivity index (χ2v) is 10.5. The highest BCUT2D eigenvalue weighted by Gasteiger charge is 2.37. The van der Waals surface area contributed by atoms with E-state index in [-0.39, 0.29) is 36.5 Å². The maximum absolute atomic E-state index is 13.8. The van der Waals surface area contributed by atoms with E-state index in [4.69, 9.17) is 0 Å². The van der Waals surface area contributed by atoms with E-state index in [1.807, 2.05) is 56.4 Å². The van der Waals surface area contributed by atoms with E-state index >= 15 is 0 Å². The number of rotatable bonds is 7. The molecule has 0 bridgehead atoms. The van der Waals surface area contributed by atoms with Crippen molar-refractivity contribution in [3.8, 4) is 0 Å². The summed E-state index contributed by atoms with van der Waals surface area (Å²) >= 11 is 0. The summed E-state index contributed by atoms with van der Waals surface area (Å²) in [6.07, 6.45) is -8.44. The zero-order valence-corrected chi connectivity index (χ0v) is 23.9. The third kappa shape index (κ3) is 8.15. The number of hydrogen-bond acceptors (Lipinski definition) is 3.